The molecule has 3 rings (SSSR count). The first kappa shape index (κ1) is 19.8. The van der Waals surface area contributed by atoms with Crippen LogP contribution in [0.25, 0.3) is 0 Å². The van der Waals surface area contributed by atoms with Gasteiger partial charge in [-0.15, -0.1) is 0 Å². The van der Waals surface area contributed by atoms with Crippen LogP contribution in [0.5, 0.6) is 0 Å². The van der Waals surface area contributed by atoms with Gasteiger partial charge < -0.3 is 10.1 Å². The van der Waals surface area contributed by atoms with E-state index in [2.05, 4.69) is 5.32 Å². The van der Waals surface area contributed by atoms with E-state index in [4.69, 9.17) is 4.74 Å². The Morgan fingerprint density at radius 2 is 1.64 bits per heavy atom. The van der Waals surface area contributed by atoms with Crippen LogP contribution in [0.15, 0.2) is 77.5 Å². The fourth-order valence-corrected chi connectivity index (χ4v) is 3.63. The number of ether oxygens (including phenoxy) is 1. The second kappa shape index (κ2) is 10.4. The van der Waals surface area contributed by atoms with E-state index in [0.29, 0.717) is 12.8 Å². The van der Waals surface area contributed by atoms with Crippen LogP contribution < -0.4 is 5.32 Å². The summed E-state index contributed by atoms with van der Waals surface area (Å²) in [7, 11) is 0. The minimum absolute atomic E-state index is 0.180. The van der Waals surface area contributed by atoms with Crippen molar-refractivity contribution in [2.45, 2.75) is 25.3 Å². The monoisotopic (exact) mass is 393 g/mol. The van der Waals surface area contributed by atoms with Gasteiger partial charge in [-0.05, 0) is 46.4 Å². The Morgan fingerprint density at radius 1 is 0.929 bits per heavy atom. The molecular weight excluding hydrogens is 370 g/mol. The number of rotatable bonds is 9. The highest BCUT2D eigenvalue weighted by atomic mass is 32.1. The number of hydrogen-bond acceptors (Lipinski definition) is 4. The van der Waals surface area contributed by atoms with Gasteiger partial charge in [0, 0.05) is 6.42 Å². The van der Waals surface area contributed by atoms with Gasteiger partial charge in [0.2, 0.25) is 0 Å². The first-order chi connectivity index (χ1) is 13.7. The molecule has 0 radical (unpaired) electrons. The lowest BCUT2D eigenvalue weighted by Crippen LogP contribution is -2.33. The van der Waals surface area contributed by atoms with Gasteiger partial charge >= 0.3 is 5.97 Å². The predicted octanol–water partition coefficient (Wildman–Crippen LogP) is 4.32. The summed E-state index contributed by atoms with van der Waals surface area (Å²) < 4.78 is 5.14. The number of benzene rings is 2. The molecule has 1 aromatic heterocycles. The molecule has 0 spiro atoms. The zero-order chi connectivity index (χ0) is 19.6. The standard InChI is InChI=1S/C23H23NO3S/c25-22(16-27-23(26)12-11-19-13-14-28-17-19)24-21(20-9-5-2-6-10-20)15-18-7-3-1-4-8-18/h1-10,13-14,17,21H,11-12,15-16H2,(H,24,25). The van der Waals surface area contributed by atoms with Crippen LogP contribution in [0, 0.1) is 0 Å². The summed E-state index contributed by atoms with van der Waals surface area (Å²) in [5, 5.41) is 6.98. The van der Waals surface area contributed by atoms with Gasteiger partial charge in [-0.25, -0.2) is 0 Å². The normalized spacial score (nSPS) is 11.6. The maximum Gasteiger partial charge on any atom is 0.306 e. The molecule has 3 aromatic rings. The van der Waals surface area contributed by atoms with E-state index >= 15 is 0 Å². The highest BCUT2D eigenvalue weighted by molar-refractivity contribution is 7.07. The van der Waals surface area contributed by atoms with Gasteiger partial charge in [-0.1, -0.05) is 60.7 Å². The Hall–Kier alpha value is -2.92. The molecule has 1 amide bonds. The summed E-state index contributed by atoms with van der Waals surface area (Å²) in [6.07, 6.45) is 1.57. The van der Waals surface area contributed by atoms with Crippen LogP contribution in [-0.2, 0) is 27.2 Å². The largest absolute Gasteiger partial charge is 0.456 e. The molecule has 5 heteroatoms. The van der Waals surface area contributed by atoms with E-state index in [1.807, 2.05) is 77.5 Å². The van der Waals surface area contributed by atoms with E-state index < -0.39 is 0 Å². The number of nitrogens with one attached hydrogen (secondary N) is 1. The SMILES string of the molecule is O=C(COC(=O)CCc1ccsc1)NC(Cc1ccccc1)c1ccccc1. The molecule has 0 aliphatic carbocycles. The van der Waals surface area contributed by atoms with E-state index in [-0.39, 0.29) is 30.9 Å². The fraction of sp³-hybridized carbons (Fsp3) is 0.217. The predicted molar refractivity (Wildman–Crippen MR) is 111 cm³/mol. The van der Waals surface area contributed by atoms with Crippen LogP contribution >= 0.6 is 11.3 Å². The molecule has 1 atom stereocenters. The minimum Gasteiger partial charge on any atom is -0.456 e. The van der Waals surface area contributed by atoms with Gasteiger partial charge in [0.25, 0.3) is 5.91 Å². The Balaban J connectivity index is 1.52. The van der Waals surface area contributed by atoms with Gasteiger partial charge in [0.05, 0.1) is 6.04 Å². The van der Waals surface area contributed by atoms with E-state index in [0.717, 1.165) is 16.7 Å². The number of carbonyl (C=O) groups is 2. The van der Waals surface area contributed by atoms with Crippen molar-refractivity contribution in [3.8, 4) is 0 Å². The highest BCUT2D eigenvalue weighted by Crippen LogP contribution is 2.18. The second-order valence-corrected chi connectivity index (χ2v) is 7.29. The van der Waals surface area contributed by atoms with E-state index in [1.165, 1.54) is 0 Å². The lowest BCUT2D eigenvalue weighted by atomic mass is 9.99. The van der Waals surface area contributed by atoms with Crippen LogP contribution in [0.1, 0.15) is 29.2 Å². The van der Waals surface area contributed by atoms with Crippen molar-refractivity contribution >= 4 is 23.2 Å². The highest BCUT2D eigenvalue weighted by Gasteiger charge is 2.16. The molecule has 0 fully saturated rings. The number of esters is 1. The molecule has 4 nitrogen and oxygen atoms in total. The smallest absolute Gasteiger partial charge is 0.306 e. The Bertz CT molecular complexity index is 863. The molecule has 0 saturated heterocycles. The van der Waals surface area contributed by atoms with Gasteiger partial charge in [0.15, 0.2) is 6.61 Å². The molecule has 2 aromatic carbocycles. The Morgan fingerprint density at radius 3 is 2.32 bits per heavy atom. The van der Waals surface area contributed by atoms with Crippen LogP contribution in [-0.4, -0.2) is 18.5 Å². The quantitative estimate of drug-likeness (QED) is 0.551. The van der Waals surface area contributed by atoms with Crippen molar-refractivity contribution in [1.29, 1.82) is 0 Å². The van der Waals surface area contributed by atoms with Gasteiger partial charge in [0.1, 0.15) is 0 Å². The van der Waals surface area contributed by atoms with Crippen LogP contribution in [0.2, 0.25) is 0 Å². The third kappa shape index (κ3) is 6.35. The van der Waals surface area contributed by atoms with E-state index in [1.54, 1.807) is 11.3 Å². The number of aryl methyl sites for hydroxylation is 1. The van der Waals surface area contributed by atoms with Crippen LogP contribution in [0.3, 0.4) is 0 Å². The number of carbonyl (C=O) groups excluding carboxylic acids is 2. The van der Waals surface area contributed by atoms with Crippen LogP contribution in [0.4, 0.5) is 0 Å². The lowest BCUT2D eigenvalue weighted by molar-refractivity contribution is -0.148. The summed E-state index contributed by atoms with van der Waals surface area (Å²) in [6.45, 7) is -0.263. The van der Waals surface area contributed by atoms with Crippen molar-refractivity contribution in [2.24, 2.45) is 0 Å². The maximum atomic E-state index is 12.4. The fourth-order valence-electron chi connectivity index (χ4n) is 2.92. The van der Waals surface area contributed by atoms with Crippen molar-refractivity contribution in [3.05, 3.63) is 94.2 Å². The first-order valence-electron chi connectivity index (χ1n) is 9.25. The molecule has 144 valence electrons. The zero-order valence-electron chi connectivity index (χ0n) is 15.5. The lowest BCUT2D eigenvalue weighted by Gasteiger charge is -2.19. The number of hydrogen-bond donors (Lipinski definition) is 1. The molecule has 0 aliphatic heterocycles. The van der Waals surface area contributed by atoms with E-state index in [9.17, 15) is 9.59 Å². The van der Waals surface area contributed by atoms with Gasteiger partial charge in [-0.3, -0.25) is 9.59 Å². The van der Waals surface area contributed by atoms with Crippen molar-refractivity contribution in [2.75, 3.05) is 6.61 Å². The molecule has 28 heavy (non-hydrogen) atoms. The second-order valence-electron chi connectivity index (χ2n) is 6.51. The average Bonchev–Trinajstić information content (AvgIpc) is 3.25. The summed E-state index contributed by atoms with van der Waals surface area (Å²) in [6, 6.07) is 21.6. The van der Waals surface area contributed by atoms with Crippen molar-refractivity contribution < 1.29 is 14.3 Å². The molecule has 1 N–H and O–H groups in total. The first-order valence-corrected chi connectivity index (χ1v) is 10.2. The summed E-state index contributed by atoms with van der Waals surface area (Å²) >= 11 is 1.60. The van der Waals surface area contributed by atoms with Crippen molar-refractivity contribution in [1.82, 2.24) is 5.32 Å². The molecular formula is C23H23NO3S. The Labute approximate surface area is 169 Å². The molecule has 0 bridgehead atoms. The molecule has 1 unspecified atom stereocenters. The molecule has 0 saturated carbocycles. The number of amides is 1. The maximum absolute atomic E-state index is 12.4. The zero-order valence-corrected chi connectivity index (χ0v) is 16.4. The third-order valence-corrected chi connectivity index (χ3v) is 5.11. The topological polar surface area (TPSA) is 55.4 Å². The van der Waals surface area contributed by atoms with Gasteiger partial charge in [-0.2, -0.15) is 11.3 Å². The molecule has 1 heterocycles. The summed E-state index contributed by atoms with van der Waals surface area (Å²) in [4.78, 5) is 24.3. The average molecular weight is 394 g/mol. The summed E-state index contributed by atoms with van der Waals surface area (Å²) in [5.41, 5.74) is 3.26. The summed E-state index contributed by atoms with van der Waals surface area (Å²) in [5.74, 6) is -0.658. The number of thiophene rings is 1. The molecule has 0 aliphatic rings. The van der Waals surface area contributed by atoms with Crippen molar-refractivity contribution in [3.63, 3.8) is 0 Å². The third-order valence-electron chi connectivity index (χ3n) is 4.38. The minimum atomic E-state index is -0.360. The Kier molecular flexibility index (Phi) is 7.38.